The summed E-state index contributed by atoms with van der Waals surface area (Å²) in [6, 6.07) is 0. The van der Waals surface area contributed by atoms with Gasteiger partial charge in [0.1, 0.15) is 6.10 Å². The van der Waals surface area contributed by atoms with Crippen molar-refractivity contribution in [2.45, 2.75) is 33.3 Å². The van der Waals surface area contributed by atoms with E-state index in [-0.39, 0.29) is 6.10 Å². The third kappa shape index (κ3) is 3.33. The summed E-state index contributed by atoms with van der Waals surface area (Å²) < 4.78 is 4.80. The predicted molar refractivity (Wildman–Crippen MR) is 39.6 cm³/mol. The maximum atomic E-state index is 10.3. The molecule has 0 aliphatic heterocycles. The summed E-state index contributed by atoms with van der Waals surface area (Å²) in [5, 5.41) is 0. The molecule has 0 saturated carbocycles. The molecule has 1 unspecified atom stereocenters. The smallest absolute Gasteiger partial charge is 0.404 e. The molecule has 1 atom stereocenters. The van der Waals surface area contributed by atoms with Crippen LogP contribution in [-0.4, -0.2) is 12.2 Å². The van der Waals surface area contributed by atoms with Crippen LogP contribution in [0, 0.1) is 5.92 Å². The van der Waals surface area contributed by atoms with Crippen LogP contribution in [0.5, 0.6) is 0 Å². The van der Waals surface area contributed by atoms with Crippen LogP contribution in [0.15, 0.2) is 0 Å². The summed E-state index contributed by atoms with van der Waals surface area (Å²) >= 11 is 0. The minimum absolute atomic E-state index is 0.0301. The van der Waals surface area contributed by atoms with Gasteiger partial charge >= 0.3 is 6.09 Å². The first-order valence-corrected chi connectivity index (χ1v) is 3.54. The molecule has 0 aromatic carbocycles. The summed E-state index contributed by atoms with van der Waals surface area (Å²) in [4.78, 5) is 10.3. The molecular formula is C7H15NO2. The van der Waals surface area contributed by atoms with Crippen molar-refractivity contribution in [3.05, 3.63) is 0 Å². The Morgan fingerprint density at radius 2 is 2.10 bits per heavy atom. The molecule has 3 nitrogen and oxygen atoms in total. The molecule has 3 heteroatoms. The van der Waals surface area contributed by atoms with Gasteiger partial charge in [0.05, 0.1) is 0 Å². The number of hydrogen-bond acceptors (Lipinski definition) is 2. The zero-order valence-corrected chi connectivity index (χ0v) is 6.76. The van der Waals surface area contributed by atoms with Crippen LogP contribution in [0.3, 0.4) is 0 Å². The first-order valence-electron chi connectivity index (χ1n) is 3.54. The topological polar surface area (TPSA) is 52.3 Å². The van der Waals surface area contributed by atoms with E-state index in [0.29, 0.717) is 5.92 Å². The molecule has 0 rings (SSSR count). The normalized spacial score (nSPS) is 13.2. The molecule has 1 amide bonds. The van der Waals surface area contributed by atoms with Gasteiger partial charge in [-0.3, -0.25) is 0 Å². The Kier molecular flexibility index (Phi) is 3.84. The van der Waals surface area contributed by atoms with Gasteiger partial charge in [0.2, 0.25) is 0 Å². The van der Waals surface area contributed by atoms with Crippen molar-refractivity contribution >= 4 is 6.09 Å². The minimum atomic E-state index is -0.680. The lowest BCUT2D eigenvalue weighted by atomic mass is 10.1. The average molecular weight is 145 g/mol. The largest absolute Gasteiger partial charge is 0.446 e. The van der Waals surface area contributed by atoms with E-state index < -0.39 is 6.09 Å². The molecular weight excluding hydrogens is 130 g/mol. The van der Waals surface area contributed by atoms with Gasteiger partial charge in [0.15, 0.2) is 0 Å². The SMILES string of the molecule is CCC(OC(N)=O)C(C)C. The minimum Gasteiger partial charge on any atom is -0.446 e. The Morgan fingerprint density at radius 3 is 2.20 bits per heavy atom. The van der Waals surface area contributed by atoms with E-state index in [0.717, 1.165) is 6.42 Å². The second-order valence-electron chi connectivity index (χ2n) is 2.63. The molecule has 0 fully saturated rings. The summed E-state index contributed by atoms with van der Waals surface area (Å²) in [5.41, 5.74) is 4.85. The molecule has 0 aromatic rings. The first kappa shape index (κ1) is 9.27. The molecule has 0 aromatic heterocycles. The van der Waals surface area contributed by atoms with Crippen molar-refractivity contribution in [3.8, 4) is 0 Å². The molecule has 0 spiro atoms. The Labute approximate surface area is 61.5 Å². The van der Waals surface area contributed by atoms with E-state index in [1.807, 2.05) is 20.8 Å². The lowest BCUT2D eigenvalue weighted by Crippen LogP contribution is -2.26. The molecule has 0 heterocycles. The number of carbonyl (C=O) groups is 1. The van der Waals surface area contributed by atoms with E-state index in [4.69, 9.17) is 10.5 Å². The van der Waals surface area contributed by atoms with Gasteiger partial charge in [-0.05, 0) is 12.3 Å². The maximum Gasteiger partial charge on any atom is 0.404 e. The molecule has 2 N–H and O–H groups in total. The van der Waals surface area contributed by atoms with Gasteiger partial charge in [-0.25, -0.2) is 4.79 Å². The van der Waals surface area contributed by atoms with Crippen LogP contribution < -0.4 is 5.73 Å². The fourth-order valence-corrected chi connectivity index (χ4v) is 0.840. The van der Waals surface area contributed by atoms with Gasteiger partial charge < -0.3 is 10.5 Å². The number of nitrogens with two attached hydrogens (primary N) is 1. The van der Waals surface area contributed by atoms with Crippen molar-refractivity contribution < 1.29 is 9.53 Å². The number of primary amides is 1. The Balaban J connectivity index is 3.71. The van der Waals surface area contributed by atoms with Crippen molar-refractivity contribution in [2.24, 2.45) is 11.7 Å². The fourth-order valence-electron chi connectivity index (χ4n) is 0.840. The number of hydrogen-bond donors (Lipinski definition) is 1. The first-order chi connectivity index (χ1) is 4.57. The van der Waals surface area contributed by atoms with E-state index in [1.54, 1.807) is 0 Å². The van der Waals surface area contributed by atoms with E-state index in [9.17, 15) is 4.79 Å². The summed E-state index contributed by atoms with van der Waals surface area (Å²) in [6.07, 6.45) is 0.110. The number of rotatable bonds is 3. The zero-order valence-electron chi connectivity index (χ0n) is 6.76. The fraction of sp³-hybridized carbons (Fsp3) is 0.857. The second-order valence-corrected chi connectivity index (χ2v) is 2.63. The molecule has 0 saturated heterocycles. The molecule has 60 valence electrons. The lowest BCUT2D eigenvalue weighted by Gasteiger charge is -2.17. The third-order valence-electron chi connectivity index (χ3n) is 1.41. The Hall–Kier alpha value is -0.730. The molecule has 0 bridgehead atoms. The van der Waals surface area contributed by atoms with Crippen molar-refractivity contribution in [1.82, 2.24) is 0 Å². The predicted octanol–water partition coefficient (Wildman–Crippen LogP) is 1.52. The van der Waals surface area contributed by atoms with Gasteiger partial charge in [-0.1, -0.05) is 20.8 Å². The van der Waals surface area contributed by atoms with Gasteiger partial charge in [0.25, 0.3) is 0 Å². The van der Waals surface area contributed by atoms with Crippen LogP contribution in [-0.2, 0) is 4.74 Å². The highest BCUT2D eigenvalue weighted by atomic mass is 16.6. The Bertz CT molecular complexity index is 112. The van der Waals surface area contributed by atoms with Crippen LogP contribution in [0.2, 0.25) is 0 Å². The molecule has 0 aliphatic rings. The van der Waals surface area contributed by atoms with Crippen LogP contribution in [0.4, 0.5) is 4.79 Å². The van der Waals surface area contributed by atoms with Crippen LogP contribution >= 0.6 is 0 Å². The number of carbonyl (C=O) groups excluding carboxylic acids is 1. The van der Waals surface area contributed by atoms with E-state index >= 15 is 0 Å². The van der Waals surface area contributed by atoms with Crippen molar-refractivity contribution in [1.29, 1.82) is 0 Å². The Morgan fingerprint density at radius 1 is 1.60 bits per heavy atom. The molecule has 0 aliphatic carbocycles. The summed E-state index contributed by atoms with van der Waals surface area (Å²) in [6.45, 7) is 5.96. The van der Waals surface area contributed by atoms with Crippen LogP contribution in [0.25, 0.3) is 0 Å². The quantitative estimate of drug-likeness (QED) is 0.654. The van der Waals surface area contributed by atoms with Crippen molar-refractivity contribution in [2.75, 3.05) is 0 Å². The highest BCUT2D eigenvalue weighted by molar-refractivity contribution is 5.64. The molecule has 10 heavy (non-hydrogen) atoms. The van der Waals surface area contributed by atoms with Gasteiger partial charge in [0, 0.05) is 0 Å². The van der Waals surface area contributed by atoms with E-state index in [2.05, 4.69) is 0 Å². The number of ether oxygens (including phenoxy) is 1. The summed E-state index contributed by atoms with van der Waals surface area (Å²) in [5.74, 6) is 0.345. The van der Waals surface area contributed by atoms with Crippen molar-refractivity contribution in [3.63, 3.8) is 0 Å². The highest BCUT2D eigenvalue weighted by Crippen LogP contribution is 2.09. The average Bonchev–Trinajstić information content (AvgIpc) is 1.81. The van der Waals surface area contributed by atoms with Gasteiger partial charge in [-0.15, -0.1) is 0 Å². The maximum absolute atomic E-state index is 10.3. The molecule has 0 radical (unpaired) electrons. The summed E-state index contributed by atoms with van der Waals surface area (Å²) in [7, 11) is 0. The zero-order chi connectivity index (χ0) is 8.15. The second kappa shape index (κ2) is 4.14. The van der Waals surface area contributed by atoms with Gasteiger partial charge in [-0.2, -0.15) is 0 Å². The lowest BCUT2D eigenvalue weighted by molar-refractivity contribution is 0.0762. The monoisotopic (exact) mass is 145 g/mol. The van der Waals surface area contributed by atoms with E-state index in [1.165, 1.54) is 0 Å². The standard InChI is InChI=1S/C7H15NO2/c1-4-6(5(2)3)10-7(8)9/h5-6H,4H2,1-3H3,(H2,8,9). The van der Waals surface area contributed by atoms with Crippen LogP contribution in [0.1, 0.15) is 27.2 Å². The number of amides is 1. The highest BCUT2D eigenvalue weighted by Gasteiger charge is 2.13. The third-order valence-corrected chi connectivity index (χ3v) is 1.41.